The molecule has 0 saturated heterocycles. The molecule has 2 rings (SSSR count). The van der Waals surface area contributed by atoms with E-state index >= 15 is 0 Å². The van der Waals surface area contributed by atoms with E-state index in [1.807, 2.05) is 0 Å². The summed E-state index contributed by atoms with van der Waals surface area (Å²) in [6.45, 7) is 2.13. The van der Waals surface area contributed by atoms with E-state index < -0.39 is 10.0 Å². The summed E-state index contributed by atoms with van der Waals surface area (Å²) < 4.78 is 26.9. The van der Waals surface area contributed by atoms with Crippen molar-refractivity contribution >= 4 is 15.7 Å². The largest absolute Gasteiger partial charge is 0.326 e. The Morgan fingerprint density at radius 3 is 2.47 bits per heavy atom. The first kappa shape index (κ1) is 13.5. The van der Waals surface area contributed by atoms with Gasteiger partial charge in [0.15, 0.2) is 0 Å². The van der Waals surface area contributed by atoms with Crippen LogP contribution in [0, 0.1) is 6.92 Å². The zero-order valence-electron chi connectivity index (χ0n) is 10.5. The van der Waals surface area contributed by atoms with E-state index in [0.29, 0.717) is 17.9 Å². The molecule has 0 amide bonds. The van der Waals surface area contributed by atoms with Gasteiger partial charge in [0, 0.05) is 12.7 Å². The van der Waals surface area contributed by atoms with Crippen LogP contribution < -0.4 is 10.5 Å². The Morgan fingerprint density at radius 2 is 1.89 bits per heavy atom. The summed E-state index contributed by atoms with van der Waals surface area (Å²) in [7, 11) is -3.59. The normalized spacial score (nSPS) is 11.3. The molecular weight excluding hydrogens is 262 g/mol. The maximum Gasteiger partial charge on any atom is 0.261 e. The predicted molar refractivity (Wildman–Crippen MR) is 74.1 cm³/mol. The number of nitrogens with two attached hydrogens (primary N) is 1. The average Bonchev–Trinajstić information content (AvgIpc) is 2.41. The molecule has 3 N–H and O–H groups in total. The summed E-state index contributed by atoms with van der Waals surface area (Å²) in [6, 6.07) is 9.83. The molecule has 1 aromatic heterocycles. The van der Waals surface area contributed by atoms with Gasteiger partial charge in [0.1, 0.15) is 0 Å². The van der Waals surface area contributed by atoms with E-state index in [1.54, 1.807) is 37.4 Å². The monoisotopic (exact) mass is 277 g/mol. The Balaban J connectivity index is 2.30. The van der Waals surface area contributed by atoms with Gasteiger partial charge in [-0.3, -0.25) is 9.71 Å². The second kappa shape index (κ2) is 5.38. The molecule has 0 saturated carbocycles. The number of aromatic nitrogens is 1. The minimum atomic E-state index is -3.59. The number of pyridine rings is 1. The van der Waals surface area contributed by atoms with Gasteiger partial charge in [0.25, 0.3) is 10.0 Å². The summed E-state index contributed by atoms with van der Waals surface area (Å²) in [5, 5.41) is 0. The van der Waals surface area contributed by atoms with Gasteiger partial charge < -0.3 is 5.73 Å². The lowest BCUT2D eigenvalue weighted by Gasteiger charge is -2.10. The van der Waals surface area contributed by atoms with Crippen molar-refractivity contribution in [2.45, 2.75) is 18.4 Å². The van der Waals surface area contributed by atoms with Crippen molar-refractivity contribution in [2.75, 3.05) is 4.72 Å². The van der Waals surface area contributed by atoms with Crippen LogP contribution >= 0.6 is 0 Å². The van der Waals surface area contributed by atoms with Gasteiger partial charge >= 0.3 is 0 Å². The van der Waals surface area contributed by atoms with Crippen LogP contribution in [-0.4, -0.2) is 13.4 Å². The Hall–Kier alpha value is -1.92. The van der Waals surface area contributed by atoms with E-state index in [2.05, 4.69) is 9.71 Å². The molecule has 1 aromatic carbocycles. The van der Waals surface area contributed by atoms with Gasteiger partial charge in [0.05, 0.1) is 16.3 Å². The SMILES string of the molecule is Cc1ncccc1NS(=O)(=O)c1ccc(CN)cc1. The van der Waals surface area contributed by atoms with Crippen molar-refractivity contribution in [2.24, 2.45) is 5.73 Å². The molecule has 0 aliphatic carbocycles. The zero-order chi connectivity index (χ0) is 13.9. The van der Waals surface area contributed by atoms with Crippen molar-refractivity contribution in [3.8, 4) is 0 Å². The lowest BCUT2D eigenvalue weighted by molar-refractivity contribution is 0.601. The quantitative estimate of drug-likeness (QED) is 0.889. The van der Waals surface area contributed by atoms with E-state index in [4.69, 9.17) is 5.73 Å². The van der Waals surface area contributed by atoms with Crippen molar-refractivity contribution in [1.82, 2.24) is 4.98 Å². The predicted octanol–water partition coefficient (Wildman–Crippen LogP) is 1.65. The molecule has 0 fully saturated rings. The summed E-state index contributed by atoms with van der Waals surface area (Å²) >= 11 is 0. The number of hydrogen-bond acceptors (Lipinski definition) is 4. The topological polar surface area (TPSA) is 85.1 Å². The number of sulfonamides is 1. The number of rotatable bonds is 4. The lowest BCUT2D eigenvalue weighted by Crippen LogP contribution is -2.14. The maximum absolute atomic E-state index is 12.2. The standard InChI is InChI=1S/C13H15N3O2S/c1-10-13(3-2-8-15-10)16-19(17,18)12-6-4-11(9-14)5-7-12/h2-8,16H,9,14H2,1H3. The molecule has 19 heavy (non-hydrogen) atoms. The Morgan fingerprint density at radius 1 is 1.21 bits per heavy atom. The van der Waals surface area contributed by atoms with Crippen molar-refractivity contribution in [3.05, 3.63) is 53.9 Å². The summed E-state index contributed by atoms with van der Waals surface area (Å²) in [5.74, 6) is 0. The highest BCUT2D eigenvalue weighted by atomic mass is 32.2. The van der Waals surface area contributed by atoms with Crippen molar-refractivity contribution < 1.29 is 8.42 Å². The van der Waals surface area contributed by atoms with Gasteiger partial charge in [0.2, 0.25) is 0 Å². The molecule has 0 bridgehead atoms. The molecule has 0 atom stereocenters. The highest BCUT2D eigenvalue weighted by Crippen LogP contribution is 2.18. The Kier molecular flexibility index (Phi) is 3.82. The number of hydrogen-bond donors (Lipinski definition) is 2. The first-order valence-corrected chi connectivity index (χ1v) is 7.25. The number of anilines is 1. The minimum absolute atomic E-state index is 0.202. The number of benzene rings is 1. The smallest absolute Gasteiger partial charge is 0.261 e. The first-order chi connectivity index (χ1) is 9.03. The van der Waals surface area contributed by atoms with Gasteiger partial charge in [-0.2, -0.15) is 0 Å². The van der Waals surface area contributed by atoms with Crippen LogP contribution in [0.2, 0.25) is 0 Å². The Bertz CT molecular complexity index is 667. The van der Waals surface area contributed by atoms with Crippen LogP contribution in [0.5, 0.6) is 0 Å². The van der Waals surface area contributed by atoms with Crippen LogP contribution in [0.4, 0.5) is 5.69 Å². The van der Waals surface area contributed by atoms with Gasteiger partial charge in [-0.05, 0) is 36.8 Å². The third-order valence-electron chi connectivity index (χ3n) is 2.72. The number of nitrogens with zero attached hydrogens (tertiary/aromatic N) is 1. The molecule has 2 aromatic rings. The fraction of sp³-hybridized carbons (Fsp3) is 0.154. The molecule has 0 radical (unpaired) electrons. The van der Waals surface area contributed by atoms with Gasteiger partial charge in [-0.15, -0.1) is 0 Å². The lowest BCUT2D eigenvalue weighted by atomic mass is 10.2. The molecule has 0 unspecified atom stereocenters. The molecule has 0 aliphatic heterocycles. The van der Waals surface area contributed by atoms with Crippen LogP contribution in [0.1, 0.15) is 11.3 Å². The van der Waals surface area contributed by atoms with Gasteiger partial charge in [-0.25, -0.2) is 8.42 Å². The maximum atomic E-state index is 12.2. The summed E-state index contributed by atoms with van der Waals surface area (Å²) in [5.41, 5.74) is 7.47. The van der Waals surface area contributed by atoms with Gasteiger partial charge in [-0.1, -0.05) is 12.1 Å². The van der Waals surface area contributed by atoms with E-state index in [9.17, 15) is 8.42 Å². The number of nitrogens with one attached hydrogen (secondary N) is 1. The Labute approximate surface area is 112 Å². The van der Waals surface area contributed by atoms with E-state index in [0.717, 1.165) is 5.56 Å². The molecular formula is C13H15N3O2S. The summed E-state index contributed by atoms with van der Waals surface area (Å²) in [6.07, 6.45) is 1.61. The molecule has 1 heterocycles. The molecule has 5 nitrogen and oxygen atoms in total. The highest BCUT2D eigenvalue weighted by Gasteiger charge is 2.15. The summed E-state index contributed by atoms with van der Waals surface area (Å²) in [4.78, 5) is 4.24. The second-order valence-electron chi connectivity index (χ2n) is 4.09. The van der Waals surface area contributed by atoms with Crippen molar-refractivity contribution in [3.63, 3.8) is 0 Å². The first-order valence-electron chi connectivity index (χ1n) is 5.76. The molecule has 0 aliphatic rings. The third-order valence-corrected chi connectivity index (χ3v) is 4.10. The third kappa shape index (κ3) is 3.10. The molecule has 100 valence electrons. The average molecular weight is 277 g/mol. The van der Waals surface area contributed by atoms with Crippen molar-refractivity contribution in [1.29, 1.82) is 0 Å². The fourth-order valence-electron chi connectivity index (χ4n) is 1.60. The van der Waals surface area contributed by atoms with Crippen LogP contribution in [0.3, 0.4) is 0 Å². The van der Waals surface area contributed by atoms with E-state index in [-0.39, 0.29) is 4.90 Å². The van der Waals surface area contributed by atoms with Crippen LogP contribution in [0.15, 0.2) is 47.5 Å². The van der Waals surface area contributed by atoms with Crippen LogP contribution in [-0.2, 0) is 16.6 Å². The second-order valence-corrected chi connectivity index (χ2v) is 5.77. The fourth-order valence-corrected chi connectivity index (χ4v) is 2.72. The van der Waals surface area contributed by atoms with Crippen LogP contribution in [0.25, 0.3) is 0 Å². The molecule has 6 heteroatoms. The molecule has 0 spiro atoms. The highest BCUT2D eigenvalue weighted by molar-refractivity contribution is 7.92. The minimum Gasteiger partial charge on any atom is -0.326 e. The zero-order valence-corrected chi connectivity index (χ0v) is 11.3. The number of aryl methyl sites for hydroxylation is 1. The van der Waals surface area contributed by atoms with E-state index in [1.165, 1.54) is 12.1 Å².